The summed E-state index contributed by atoms with van der Waals surface area (Å²) in [5.74, 6) is -0.598. The summed E-state index contributed by atoms with van der Waals surface area (Å²) in [6, 6.07) is 0. The lowest BCUT2D eigenvalue weighted by molar-refractivity contribution is -0.391. The molecule has 1 heterocycles. The molecule has 1 aromatic rings. The minimum Gasteiger partial charge on any atom is -0.358 e. The summed E-state index contributed by atoms with van der Waals surface area (Å²) >= 11 is 0. The van der Waals surface area contributed by atoms with E-state index in [1.165, 1.54) is 7.05 Å². The number of imidazole rings is 1. The van der Waals surface area contributed by atoms with Crippen molar-refractivity contribution in [3.8, 4) is 0 Å². The highest BCUT2D eigenvalue weighted by atomic mass is 16.6. The van der Waals surface area contributed by atoms with E-state index in [1.54, 1.807) is 0 Å². The number of carbonyl (C=O) groups excluding carboxylic acids is 1. The number of aromatic nitrogens is 2. The zero-order valence-corrected chi connectivity index (χ0v) is 9.55. The fraction of sp³-hybridized carbons (Fsp3) is 0.556. The molecule has 1 aromatic heterocycles. The number of nitro groups is 1. The minimum atomic E-state index is -0.585. The van der Waals surface area contributed by atoms with Crippen molar-refractivity contribution in [2.24, 2.45) is 12.8 Å². The van der Waals surface area contributed by atoms with Crippen LogP contribution in [0.15, 0.2) is 6.20 Å². The molecule has 0 unspecified atom stereocenters. The van der Waals surface area contributed by atoms with Crippen molar-refractivity contribution in [3.63, 3.8) is 0 Å². The first-order valence-corrected chi connectivity index (χ1v) is 5.22. The number of hydrogen-bond acceptors (Lipinski definition) is 5. The Morgan fingerprint density at radius 2 is 2.35 bits per heavy atom. The Balaban J connectivity index is 2.60. The van der Waals surface area contributed by atoms with Gasteiger partial charge in [-0.05, 0) is 24.3 Å². The summed E-state index contributed by atoms with van der Waals surface area (Å²) in [6.07, 6.45) is 2.66. The molecule has 8 heteroatoms. The van der Waals surface area contributed by atoms with Crippen LogP contribution in [0.2, 0.25) is 0 Å². The van der Waals surface area contributed by atoms with E-state index in [9.17, 15) is 14.9 Å². The van der Waals surface area contributed by atoms with E-state index in [4.69, 9.17) is 5.73 Å². The van der Waals surface area contributed by atoms with Gasteiger partial charge in [0.25, 0.3) is 5.82 Å². The third-order valence-corrected chi connectivity index (χ3v) is 2.27. The van der Waals surface area contributed by atoms with Crippen LogP contribution < -0.4 is 11.1 Å². The van der Waals surface area contributed by atoms with Gasteiger partial charge in [-0.1, -0.05) is 0 Å². The van der Waals surface area contributed by atoms with Crippen molar-refractivity contribution in [2.75, 3.05) is 13.1 Å². The molecule has 94 valence electrons. The van der Waals surface area contributed by atoms with E-state index in [0.717, 1.165) is 23.6 Å². The van der Waals surface area contributed by atoms with E-state index in [0.29, 0.717) is 13.1 Å². The van der Waals surface area contributed by atoms with Crippen molar-refractivity contribution in [2.45, 2.75) is 12.8 Å². The Bertz CT molecular complexity index is 415. The molecule has 8 nitrogen and oxygen atoms in total. The van der Waals surface area contributed by atoms with E-state index >= 15 is 0 Å². The molecule has 17 heavy (non-hydrogen) atoms. The third kappa shape index (κ3) is 3.25. The van der Waals surface area contributed by atoms with Crippen LogP contribution in [0, 0.1) is 10.1 Å². The van der Waals surface area contributed by atoms with Gasteiger partial charge < -0.3 is 21.2 Å². The van der Waals surface area contributed by atoms with Gasteiger partial charge in [-0.15, -0.1) is 0 Å². The molecule has 0 saturated carbocycles. The molecule has 3 N–H and O–H groups in total. The molecular formula is C9H15N5O3. The van der Waals surface area contributed by atoms with Crippen LogP contribution in [0.1, 0.15) is 23.5 Å². The number of nitrogens with one attached hydrogen (secondary N) is 1. The van der Waals surface area contributed by atoms with Gasteiger partial charge in [0.2, 0.25) is 0 Å². The fourth-order valence-corrected chi connectivity index (χ4v) is 1.33. The summed E-state index contributed by atoms with van der Waals surface area (Å²) in [4.78, 5) is 25.3. The van der Waals surface area contributed by atoms with Crippen LogP contribution >= 0.6 is 0 Å². The lowest BCUT2D eigenvalue weighted by atomic mass is 10.3. The highest BCUT2D eigenvalue weighted by Gasteiger charge is 2.21. The molecule has 1 rings (SSSR count). The summed E-state index contributed by atoms with van der Waals surface area (Å²) < 4.78 is 1.15. The quantitative estimate of drug-likeness (QED) is 0.406. The van der Waals surface area contributed by atoms with E-state index in [1.807, 2.05) is 0 Å². The Hall–Kier alpha value is -1.96. The van der Waals surface area contributed by atoms with Crippen LogP contribution in [0.4, 0.5) is 5.82 Å². The Morgan fingerprint density at radius 1 is 1.65 bits per heavy atom. The highest BCUT2D eigenvalue weighted by molar-refractivity contribution is 5.91. The van der Waals surface area contributed by atoms with Gasteiger partial charge >= 0.3 is 11.7 Å². The van der Waals surface area contributed by atoms with Crippen LogP contribution in [0.25, 0.3) is 0 Å². The molecule has 0 aliphatic heterocycles. The Kier molecular flexibility index (Phi) is 4.58. The average molecular weight is 241 g/mol. The first-order chi connectivity index (χ1) is 8.07. The van der Waals surface area contributed by atoms with Gasteiger partial charge in [0.1, 0.15) is 6.20 Å². The number of rotatable bonds is 6. The second-order valence-corrected chi connectivity index (χ2v) is 3.51. The van der Waals surface area contributed by atoms with Gasteiger partial charge in [-0.3, -0.25) is 4.79 Å². The second kappa shape index (κ2) is 5.94. The maximum absolute atomic E-state index is 11.6. The smallest absolute Gasteiger partial charge is 0.343 e. The normalized spacial score (nSPS) is 10.2. The zero-order chi connectivity index (χ0) is 12.8. The molecule has 0 aromatic carbocycles. The van der Waals surface area contributed by atoms with Crippen molar-refractivity contribution >= 4 is 11.7 Å². The standard InChI is InChI=1S/C9H15N5O3/c1-13-7(14(16)17)6-12-8(13)9(15)11-5-3-2-4-10/h6H,2-5,10H2,1H3,(H,11,15). The lowest BCUT2D eigenvalue weighted by Crippen LogP contribution is -2.27. The number of unbranched alkanes of at least 4 members (excludes halogenated alkanes) is 1. The van der Waals surface area contributed by atoms with Crippen LogP contribution in [-0.4, -0.2) is 33.5 Å². The Labute approximate surface area is 98.0 Å². The highest BCUT2D eigenvalue weighted by Crippen LogP contribution is 2.11. The summed E-state index contributed by atoms with van der Waals surface area (Å²) in [5, 5.41) is 13.2. The average Bonchev–Trinajstić information content (AvgIpc) is 2.66. The SMILES string of the molecule is Cn1c([N+](=O)[O-])cnc1C(=O)NCCCCN. The predicted octanol–water partition coefficient (Wildman–Crippen LogP) is -0.203. The fourth-order valence-electron chi connectivity index (χ4n) is 1.33. The van der Waals surface area contributed by atoms with Gasteiger partial charge in [0, 0.05) is 6.54 Å². The predicted molar refractivity (Wildman–Crippen MR) is 60.5 cm³/mol. The zero-order valence-electron chi connectivity index (χ0n) is 9.55. The number of nitrogens with zero attached hydrogens (tertiary/aromatic N) is 3. The van der Waals surface area contributed by atoms with Crippen LogP contribution in [-0.2, 0) is 7.05 Å². The van der Waals surface area contributed by atoms with Gasteiger partial charge in [-0.25, -0.2) is 9.55 Å². The van der Waals surface area contributed by atoms with Gasteiger partial charge in [0.15, 0.2) is 0 Å². The largest absolute Gasteiger partial charge is 0.358 e. The van der Waals surface area contributed by atoms with Crippen molar-refractivity contribution in [1.29, 1.82) is 0 Å². The van der Waals surface area contributed by atoms with Crippen LogP contribution in [0.3, 0.4) is 0 Å². The van der Waals surface area contributed by atoms with Crippen molar-refractivity contribution < 1.29 is 9.72 Å². The molecule has 0 radical (unpaired) electrons. The third-order valence-electron chi connectivity index (χ3n) is 2.27. The van der Waals surface area contributed by atoms with Crippen molar-refractivity contribution in [1.82, 2.24) is 14.9 Å². The van der Waals surface area contributed by atoms with Crippen LogP contribution in [0.5, 0.6) is 0 Å². The van der Waals surface area contributed by atoms with Gasteiger partial charge in [-0.2, -0.15) is 0 Å². The van der Waals surface area contributed by atoms with E-state index < -0.39 is 10.8 Å². The number of hydrogen-bond donors (Lipinski definition) is 2. The molecule has 1 amide bonds. The first-order valence-electron chi connectivity index (χ1n) is 5.22. The monoisotopic (exact) mass is 241 g/mol. The van der Waals surface area contributed by atoms with Gasteiger partial charge in [0.05, 0.1) is 7.05 Å². The molecular weight excluding hydrogens is 226 g/mol. The molecule has 0 aliphatic rings. The van der Waals surface area contributed by atoms with Crippen molar-refractivity contribution in [3.05, 3.63) is 22.1 Å². The molecule has 0 aliphatic carbocycles. The topological polar surface area (TPSA) is 116 Å². The molecule has 0 fully saturated rings. The maximum atomic E-state index is 11.6. The molecule has 0 spiro atoms. The number of amides is 1. The van der Waals surface area contributed by atoms with E-state index in [-0.39, 0.29) is 11.6 Å². The first kappa shape index (κ1) is 13.1. The summed E-state index contributed by atoms with van der Waals surface area (Å²) in [6.45, 7) is 1.06. The minimum absolute atomic E-state index is 0.0319. The lowest BCUT2D eigenvalue weighted by Gasteiger charge is -2.02. The summed E-state index contributed by atoms with van der Waals surface area (Å²) in [5.41, 5.74) is 5.31. The Morgan fingerprint density at radius 3 is 2.88 bits per heavy atom. The number of carbonyl (C=O) groups is 1. The maximum Gasteiger partial charge on any atom is 0.343 e. The molecule has 0 atom stereocenters. The molecule has 0 bridgehead atoms. The summed E-state index contributed by atoms with van der Waals surface area (Å²) in [7, 11) is 1.43. The number of nitrogens with two attached hydrogens (primary N) is 1. The second-order valence-electron chi connectivity index (χ2n) is 3.51. The van der Waals surface area contributed by atoms with E-state index in [2.05, 4.69) is 10.3 Å². The molecule has 0 saturated heterocycles.